The molecule has 0 spiro atoms. The molecule has 6 nitrogen and oxygen atoms in total. The Kier molecular flexibility index (Phi) is 5.57. The van der Waals surface area contributed by atoms with Gasteiger partial charge in [0.05, 0.1) is 13.7 Å². The van der Waals surface area contributed by atoms with Gasteiger partial charge in [0.15, 0.2) is 5.75 Å². The molecule has 0 aromatic heterocycles. The molecule has 4 aromatic rings. The van der Waals surface area contributed by atoms with Gasteiger partial charge in [-0.2, -0.15) is 0 Å². The molecule has 33 heavy (non-hydrogen) atoms. The molecular weight excluding hydrogens is 439 g/mol. The lowest BCUT2D eigenvalue weighted by Gasteiger charge is -2.18. The molecule has 1 unspecified atom stereocenters. The maximum Gasteiger partial charge on any atom is 0.587 e. The molecule has 0 amide bonds. The van der Waals surface area contributed by atoms with E-state index in [0.29, 0.717) is 23.3 Å². The molecule has 0 fully saturated rings. The number of benzene rings is 4. The van der Waals surface area contributed by atoms with Crippen molar-refractivity contribution >= 4 is 35.3 Å². The summed E-state index contributed by atoms with van der Waals surface area (Å²) in [6.07, 6.45) is 1.55. The average Bonchev–Trinajstić information content (AvgIpc) is 2.97. The molecule has 7 heteroatoms. The van der Waals surface area contributed by atoms with Crippen molar-refractivity contribution in [2.45, 2.75) is 19.8 Å². The first kappa shape index (κ1) is 21.5. The van der Waals surface area contributed by atoms with Gasteiger partial charge in [0.2, 0.25) is 0 Å². The van der Waals surface area contributed by atoms with Crippen LogP contribution in [0.3, 0.4) is 0 Å². The Hall–Kier alpha value is -3.34. The minimum absolute atomic E-state index is 0.135. The van der Waals surface area contributed by atoms with Crippen LogP contribution in [-0.4, -0.2) is 19.7 Å². The smallest absolute Gasteiger partial charge is 0.465 e. The predicted octanol–water partition coefficient (Wildman–Crippen LogP) is 7.14. The Morgan fingerprint density at radius 2 is 1.61 bits per heavy atom. The van der Waals surface area contributed by atoms with Crippen LogP contribution in [0.15, 0.2) is 66.7 Å². The molecule has 0 aliphatic carbocycles. The number of hydrogen-bond donors (Lipinski definition) is 0. The fourth-order valence-corrected chi connectivity index (χ4v) is 5.44. The van der Waals surface area contributed by atoms with Crippen LogP contribution in [0.25, 0.3) is 32.7 Å². The Balaban J connectivity index is 1.90. The fraction of sp³-hybridized carbons (Fsp3) is 0.192. The Morgan fingerprint density at radius 3 is 2.33 bits per heavy atom. The van der Waals surface area contributed by atoms with E-state index in [-0.39, 0.29) is 17.9 Å². The second-order valence-corrected chi connectivity index (χ2v) is 9.34. The van der Waals surface area contributed by atoms with Gasteiger partial charge < -0.3 is 13.8 Å². The minimum atomic E-state index is -4.09. The monoisotopic (exact) mass is 462 g/mol. The Bertz CT molecular complexity index is 1430. The highest BCUT2D eigenvalue weighted by atomic mass is 31.2. The summed E-state index contributed by atoms with van der Waals surface area (Å²) < 4.78 is 36.4. The molecule has 4 aromatic carbocycles. The van der Waals surface area contributed by atoms with Gasteiger partial charge in [0.25, 0.3) is 0 Å². The minimum Gasteiger partial charge on any atom is -0.465 e. The highest BCUT2D eigenvalue weighted by Gasteiger charge is 2.39. The molecule has 168 valence electrons. The first-order valence-electron chi connectivity index (χ1n) is 10.8. The van der Waals surface area contributed by atoms with Crippen LogP contribution in [0.5, 0.6) is 11.5 Å². The lowest BCUT2D eigenvalue weighted by molar-refractivity contribution is 0.0598. The predicted molar refractivity (Wildman–Crippen MR) is 128 cm³/mol. The van der Waals surface area contributed by atoms with Gasteiger partial charge in [-0.25, -0.2) is 9.36 Å². The number of unbranched alkanes of at least 4 members (excludes halogenated alkanes) is 1. The lowest BCUT2D eigenvalue weighted by atomic mass is 9.90. The zero-order valence-corrected chi connectivity index (χ0v) is 19.3. The summed E-state index contributed by atoms with van der Waals surface area (Å²) in [5.41, 5.74) is 1.48. The van der Waals surface area contributed by atoms with Crippen molar-refractivity contribution in [1.29, 1.82) is 0 Å². The summed E-state index contributed by atoms with van der Waals surface area (Å²) >= 11 is 0. The van der Waals surface area contributed by atoms with E-state index in [9.17, 15) is 9.36 Å². The van der Waals surface area contributed by atoms with E-state index < -0.39 is 13.8 Å². The number of ether oxygens (including phenoxy) is 1. The third-order valence-corrected chi connectivity index (χ3v) is 7.03. The van der Waals surface area contributed by atoms with E-state index in [2.05, 4.69) is 0 Å². The first-order chi connectivity index (χ1) is 16.0. The van der Waals surface area contributed by atoms with Gasteiger partial charge in [-0.1, -0.05) is 67.9 Å². The van der Waals surface area contributed by atoms with Gasteiger partial charge in [-0.05, 0) is 40.1 Å². The number of carbonyl (C=O) groups is 1. The van der Waals surface area contributed by atoms with Crippen molar-refractivity contribution < 1.29 is 27.7 Å². The standard InChI is InChI=1S/C26H23O6P/c1-3-4-15-30-33(28)31-22-14-13-17-9-5-7-11-19(17)23(22)24-20-12-8-6-10-18(20)16-21(25(24)32-33)26(27)29-2/h5-14,16H,3-4,15H2,1-2H3. The van der Waals surface area contributed by atoms with Gasteiger partial charge in [0.1, 0.15) is 11.3 Å². The highest BCUT2D eigenvalue weighted by molar-refractivity contribution is 7.49. The zero-order valence-electron chi connectivity index (χ0n) is 18.4. The van der Waals surface area contributed by atoms with E-state index in [1.165, 1.54) is 7.11 Å². The quantitative estimate of drug-likeness (QED) is 0.178. The lowest BCUT2D eigenvalue weighted by Crippen LogP contribution is -2.09. The van der Waals surface area contributed by atoms with Gasteiger partial charge in [-0.15, -0.1) is 0 Å². The third kappa shape index (κ3) is 3.75. The molecule has 5 rings (SSSR count). The van der Waals surface area contributed by atoms with Crippen LogP contribution in [-0.2, 0) is 13.8 Å². The summed E-state index contributed by atoms with van der Waals surface area (Å²) in [5.74, 6) is -0.0873. The zero-order chi connectivity index (χ0) is 23.0. The molecule has 0 saturated heterocycles. The van der Waals surface area contributed by atoms with E-state index in [1.54, 1.807) is 12.1 Å². The fourth-order valence-electron chi connectivity index (χ4n) is 4.14. The third-order valence-electron chi connectivity index (χ3n) is 5.71. The van der Waals surface area contributed by atoms with E-state index in [0.717, 1.165) is 28.0 Å². The SMILES string of the molecule is CCCCOP1(=O)Oc2ccc3ccccc3c2-c2c(c(C(=O)OC)cc3ccccc23)O1. The van der Waals surface area contributed by atoms with Crippen LogP contribution in [0.1, 0.15) is 30.1 Å². The number of esters is 1. The van der Waals surface area contributed by atoms with Crippen molar-refractivity contribution in [3.05, 3.63) is 72.3 Å². The number of fused-ring (bicyclic) bond motifs is 7. The van der Waals surface area contributed by atoms with Crippen LogP contribution >= 0.6 is 7.82 Å². The molecule has 0 saturated carbocycles. The van der Waals surface area contributed by atoms with E-state index in [1.807, 2.05) is 61.5 Å². The molecule has 0 bridgehead atoms. The van der Waals surface area contributed by atoms with E-state index in [4.69, 9.17) is 18.3 Å². The molecule has 1 aliphatic rings. The second kappa shape index (κ2) is 8.54. The molecule has 1 heterocycles. The summed E-state index contributed by atoms with van der Waals surface area (Å²) in [6.45, 7) is 2.21. The van der Waals surface area contributed by atoms with Gasteiger partial charge in [0, 0.05) is 11.1 Å². The number of phosphoric ester groups is 1. The number of hydrogen-bond acceptors (Lipinski definition) is 6. The highest BCUT2D eigenvalue weighted by Crippen LogP contribution is 2.60. The van der Waals surface area contributed by atoms with Crippen LogP contribution in [0.4, 0.5) is 0 Å². The van der Waals surface area contributed by atoms with Crippen molar-refractivity contribution in [1.82, 2.24) is 0 Å². The molecule has 1 atom stereocenters. The maximum atomic E-state index is 13.8. The largest absolute Gasteiger partial charge is 0.587 e. The van der Waals surface area contributed by atoms with Crippen molar-refractivity contribution in [2.24, 2.45) is 0 Å². The van der Waals surface area contributed by atoms with Crippen LogP contribution in [0.2, 0.25) is 0 Å². The normalized spacial score (nSPS) is 16.9. The summed E-state index contributed by atoms with van der Waals surface area (Å²) in [7, 11) is -2.79. The van der Waals surface area contributed by atoms with Crippen LogP contribution in [0, 0.1) is 0 Å². The number of rotatable bonds is 5. The summed E-state index contributed by atoms with van der Waals surface area (Å²) in [4.78, 5) is 12.8. The van der Waals surface area contributed by atoms with Crippen molar-refractivity contribution in [2.75, 3.05) is 13.7 Å². The average molecular weight is 462 g/mol. The van der Waals surface area contributed by atoms with Gasteiger partial charge >= 0.3 is 13.8 Å². The van der Waals surface area contributed by atoms with Crippen LogP contribution < -0.4 is 9.05 Å². The topological polar surface area (TPSA) is 71.1 Å². The van der Waals surface area contributed by atoms with Gasteiger partial charge in [-0.3, -0.25) is 4.52 Å². The number of methoxy groups -OCH3 is 1. The summed E-state index contributed by atoms with van der Waals surface area (Å²) in [6, 6.07) is 20.9. The first-order valence-corrected chi connectivity index (χ1v) is 12.3. The number of carbonyl (C=O) groups excluding carboxylic acids is 1. The molecule has 1 aliphatic heterocycles. The maximum absolute atomic E-state index is 13.8. The van der Waals surface area contributed by atoms with Crippen molar-refractivity contribution in [3.63, 3.8) is 0 Å². The molecule has 0 radical (unpaired) electrons. The summed E-state index contributed by atoms with van der Waals surface area (Å²) in [5, 5.41) is 3.52. The molecule has 0 N–H and O–H groups in total. The van der Waals surface area contributed by atoms with E-state index >= 15 is 0 Å². The molecular formula is C26H23O6P. The number of phosphoric acid groups is 1. The second-order valence-electron chi connectivity index (χ2n) is 7.82. The Labute approximate surface area is 191 Å². The van der Waals surface area contributed by atoms with Crippen molar-refractivity contribution in [3.8, 4) is 22.6 Å². The Morgan fingerprint density at radius 1 is 0.909 bits per heavy atom.